The molecule has 0 aromatic carbocycles. The monoisotopic (exact) mass is 218 g/mol. The Morgan fingerprint density at radius 2 is 1.20 bits per heavy atom. The Hall–Kier alpha value is -0.814. The van der Waals surface area contributed by atoms with Crippen molar-refractivity contribution in [1.82, 2.24) is 0 Å². The maximum atomic E-state index is 9.80. The molecule has 4 nitrogen and oxygen atoms in total. The van der Waals surface area contributed by atoms with Crippen molar-refractivity contribution in [3.63, 3.8) is 0 Å². The standard InChI is InChI=1S/2C5H6O2.Mg/c2*6-5(7)4-2-1-3-4;/h2*2H,1,3H2,(H,6,7);/q;;+2/p-2. The zero-order valence-electron chi connectivity index (χ0n) is 8.32. The van der Waals surface area contributed by atoms with Crippen LogP contribution >= 0.6 is 0 Å². The summed E-state index contributed by atoms with van der Waals surface area (Å²) in [6.45, 7) is 0. The van der Waals surface area contributed by atoms with Gasteiger partial charge in [-0.2, -0.15) is 0 Å². The number of hydrogen-bond donors (Lipinski definition) is 0. The average Bonchev–Trinajstić information content (AvgIpc) is 1.74. The number of carbonyl (C=O) groups excluding carboxylic acids is 2. The van der Waals surface area contributed by atoms with Gasteiger partial charge < -0.3 is 19.8 Å². The molecule has 0 saturated carbocycles. The molecule has 0 amide bonds. The quantitative estimate of drug-likeness (QED) is 0.530. The Bertz CT molecular complexity index is 285. The largest absolute Gasteiger partial charge is 2.00 e. The van der Waals surface area contributed by atoms with E-state index in [0.717, 1.165) is 12.8 Å². The predicted molar refractivity (Wildman–Crippen MR) is 50.4 cm³/mol. The molecule has 0 aromatic rings. The second-order valence-electron chi connectivity index (χ2n) is 3.11. The SMILES string of the molecule is O=C([O-])C1=CCC1.O=C([O-])C1=CCC1.[Mg+2]. The smallest absolute Gasteiger partial charge is 0.545 e. The van der Waals surface area contributed by atoms with Crippen LogP contribution in [-0.2, 0) is 9.59 Å². The van der Waals surface area contributed by atoms with Gasteiger partial charge >= 0.3 is 23.1 Å². The van der Waals surface area contributed by atoms with E-state index in [1.165, 1.54) is 0 Å². The van der Waals surface area contributed by atoms with Crippen molar-refractivity contribution in [1.29, 1.82) is 0 Å². The van der Waals surface area contributed by atoms with E-state index in [2.05, 4.69) is 0 Å². The van der Waals surface area contributed by atoms with E-state index in [9.17, 15) is 19.8 Å². The van der Waals surface area contributed by atoms with Crippen LogP contribution in [-0.4, -0.2) is 35.0 Å². The molecule has 2 aliphatic carbocycles. The maximum Gasteiger partial charge on any atom is 2.00 e. The molecule has 76 valence electrons. The van der Waals surface area contributed by atoms with Crippen LogP contribution in [0.25, 0.3) is 0 Å². The third kappa shape index (κ3) is 4.48. The number of aliphatic carboxylic acids is 2. The Morgan fingerprint density at radius 3 is 1.20 bits per heavy atom. The van der Waals surface area contributed by atoms with Crippen LogP contribution in [0, 0.1) is 0 Å². The summed E-state index contributed by atoms with van der Waals surface area (Å²) in [4.78, 5) is 19.6. The Labute approximate surface area is 104 Å². The summed E-state index contributed by atoms with van der Waals surface area (Å²) in [5.41, 5.74) is 0.917. The fourth-order valence-corrected chi connectivity index (χ4v) is 0.948. The van der Waals surface area contributed by atoms with Crippen LogP contribution in [0.3, 0.4) is 0 Å². The second-order valence-corrected chi connectivity index (χ2v) is 3.11. The van der Waals surface area contributed by atoms with Crippen molar-refractivity contribution in [2.45, 2.75) is 25.7 Å². The molecule has 0 radical (unpaired) electrons. The van der Waals surface area contributed by atoms with Crippen molar-refractivity contribution in [3.8, 4) is 0 Å². The van der Waals surface area contributed by atoms with E-state index < -0.39 is 11.9 Å². The van der Waals surface area contributed by atoms with Crippen molar-refractivity contribution in [3.05, 3.63) is 23.3 Å². The van der Waals surface area contributed by atoms with E-state index in [4.69, 9.17) is 0 Å². The summed E-state index contributed by atoms with van der Waals surface area (Å²) in [6.07, 6.45) is 6.56. The minimum Gasteiger partial charge on any atom is -0.545 e. The molecule has 0 saturated heterocycles. The van der Waals surface area contributed by atoms with Gasteiger partial charge in [-0.15, -0.1) is 0 Å². The topological polar surface area (TPSA) is 80.3 Å². The van der Waals surface area contributed by atoms with Crippen molar-refractivity contribution >= 4 is 35.0 Å². The molecule has 0 unspecified atom stereocenters. The van der Waals surface area contributed by atoms with Gasteiger partial charge in [-0.1, -0.05) is 12.2 Å². The predicted octanol–water partition coefficient (Wildman–Crippen LogP) is -1.47. The molecule has 15 heavy (non-hydrogen) atoms. The van der Waals surface area contributed by atoms with Crippen LogP contribution in [0.4, 0.5) is 0 Å². The molecule has 2 rings (SSSR count). The van der Waals surface area contributed by atoms with Gasteiger partial charge in [0.05, 0.1) is 11.9 Å². The number of hydrogen-bond acceptors (Lipinski definition) is 4. The number of carboxylic acids is 2. The fraction of sp³-hybridized carbons (Fsp3) is 0.400. The second kappa shape index (κ2) is 6.63. The van der Waals surface area contributed by atoms with E-state index in [0.29, 0.717) is 24.0 Å². The van der Waals surface area contributed by atoms with Gasteiger partial charge in [-0.25, -0.2) is 0 Å². The van der Waals surface area contributed by atoms with Gasteiger partial charge in [0, 0.05) is 0 Å². The summed E-state index contributed by atoms with van der Waals surface area (Å²) in [5, 5.41) is 19.6. The number of carboxylic acid groups (broad SMARTS) is 2. The van der Waals surface area contributed by atoms with E-state index >= 15 is 0 Å². The number of allylic oxidation sites excluding steroid dienone is 2. The Balaban J connectivity index is 0.000000245. The summed E-state index contributed by atoms with van der Waals surface area (Å²) < 4.78 is 0. The van der Waals surface area contributed by atoms with E-state index in [1.807, 2.05) is 0 Å². The van der Waals surface area contributed by atoms with Crippen LogP contribution in [0.15, 0.2) is 23.3 Å². The first-order valence-corrected chi connectivity index (χ1v) is 4.42. The van der Waals surface area contributed by atoms with E-state index in [1.54, 1.807) is 12.2 Å². The van der Waals surface area contributed by atoms with Gasteiger partial charge in [0.2, 0.25) is 0 Å². The van der Waals surface area contributed by atoms with Crippen LogP contribution in [0.1, 0.15) is 25.7 Å². The van der Waals surface area contributed by atoms with Crippen LogP contribution in [0.5, 0.6) is 0 Å². The molecular formula is C10H10MgO4. The molecule has 0 N–H and O–H groups in total. The Kier molecular flexibility index (Phi) is 6.27. The zero-order chi connectivity index (χ0) is 10.6. The molecule has 0 aliphatic heterocycles. The number of rotatable bonds is 2. The first kappa shape index (κ1) is 14.2. The van der Waals surface area contributed by atoms with Gasteiger partial charge in [-0.3, -0.25) is 0 Å². The first-order chi connectivity index (χ1) is 6.61. The number of carbonyl (C=O) groups is 2. The average molecular weight is 218 g/mol. The normalized spacial score (nSPS) is 16.3. The summed E-state index contributed by atoms with van der Waals surface area (Å²) in [5.74, 6) is -2.02. The maximum absolute atomic E-state index is 9.80. The first-order valence-electron chi connectivity index (χ1n) is 4.42. The molecule has 2 aliphatic rings. The molecule has 0 spiro atoms. The summed E-state index contributed by atoms with van der Waals surface area (Å²) >= 11 is 0. The van der Waals surface area contributed by atoms with Crippen LogP contribution in [0.2, 0.25) is 0 Å². The van der Waals surface area contributed by atoms with Gasteiger partial charge in [0.25, 0.3) is 0 Å². The fourth-order valence-electron chi connectivity index (χ4n) is 0.948. The zero-order valence-corrected chi connectivity index (χ0v) is 9.74. The van der Waals surface area contributed by atoms with Crippen LogP contribution < -0.4 is 10.2 Å². The van der Waals surface area contributed by atoms with Gasteiger partial charge in [-0.05, 0) is 36.8 Å². The molecule has 0 fully saturated rings. The Morgan fingerprint density at radius 1 is 0.933 bits per heavy atom. The third-order valence-electron chi connectivity index (χ3n) is 2.13. The van der Waals surface area contributed by atoms with Crippen molar-refractivity contribution in [2.24, 2.45) is 0 Å². The molecular weight excluding hydrogens is 208 g/mol. The summed E-state index contributed by atoms with van der Waals surface area (Å²) in [7, 11) is 0. The molecule has 5 heteroatoms. The third-order valence-corrected chi connectivity index (χ3v) is 2.13. The molecule has 0 aromatic heterocycles. The van der Waals surface area contributed by atoms with Crippen molar-refractivity contribution in [2.75, 3.05) is 0 Å². The molecule has 0 bridgehead atoms. The minimum absolute atomic E-state index is 0. The van der Waals surface area contributed by atoms with Gasteiger partial charge in [0.1, 0.15) is 0 Å². The van der Waals surface area contributed by atoms with E-state index in [-0.39, 0.29) is 23.1 Å². The van der Waals surface area contributed by atoms with Crippen molar-refractivity contribution < 1.29 is 19.8 Å². The molecule has 0 heterocycles. The molecule has 0 atom stereocenters. The summed E-state index contributed by atoms with van der Waals surface area (Å²) in [6, 6.07) is 0. The minimum atomic E-state index is -1.01. The van der Waals surface area contributed by atoms with Gasteiger partial charge in [0.15, 0.2) is 0 Å².